The molecule has 3 nitrogen and oxygen atoms in total. The smallest absolute Gasteiger partial charge is 0.161 e. The van der Waals surface area contributed by atoms with E-state index in [1.807, 2.05) is 20.9 Å². The van der Waals surface area contributed by atoms with E-state index < -0.39 is 5.60 Å². The molecule has 1 fully saturated rings. The van der Waals surface area contributed by atoms with Gasteiger partial charge in [0.2, 0.25) is 0 Å². The second kappa shape index (κ2) is 3.39. The maximum Gasteiger partial charge on any atom is 0.161 e. The third-order valence-electron chi connectivity index (χ3n) is 3.35. The van der Waals surface area contributed by atoms with Gasteiger partial charge in [0.25, 0.3) is 0 Å². The van der Waals surface area contributed by atoms with Crippen molar-refractivity contribution >= 4 is 5.78 Å². The van der Waals surface area contributed by atoms with Gasteiger partial charge in [-0.15, -0.1) is 0 Å². The molecule has 13 heavy (non-hydrogen) atoms. The summed E-state index contributed by atoms with van der Waals surface area (Å²) < 4.78 is 0. The first-order chi connectivity index (χ1) is 5.88. The highest BCUT2D eigenvalue weighted by Crippen LogP contribution is 2.31. The molecule has 0 aromatic heterocycles. The summed E-state index contributed by atoms with van der Waals surface area (Å²) in [5.41, 5.74) is -1.09. The first kappa shape index (κ1) is 10.7. The van der Waals surface area contributed by atoms with Crippen LogP contribution in [-0.4, -0.2) is 41.0 Å². The Morgan fingerprint density at radius 2 is 2.08 bits per heavy atom. The first-order valence-electron chi connectivity index (χ1n) is 4.81. The van der Waals surface area contributed by atoms with Gasteiger partial charge >= 0.3 is 0 Å². The van der Waals surface area contributed by atoms with Crippen molar-refractivity contribution in [2.75, 3.05) is 13.6 Å². The Labute approximate surface area is 79.7 Å². The summed E-state index contributed by atoms with van der Waals surface area (Å²) in [6.45, 7) is 6.25. The molecule has 1 aliphatic rings. The maximum absolute atomic E-state index is 11.3. The molecule has 0 amide bonds. The average molecular weight is 185 g/mol. The highest BCUT2D eigenvalue weighted by molar-refractivity contribution is 5.85. The third-order valence-corrected chi connectivity index (χ3v) is 3.35. The molecule has 0 unspecified atom stereocenters. The number of ketones is 1. The van der Waals surface area contributed by atoms with Crippen LogP contribution >= 0.6 is 0 Å². The predicted molar refractivity (Wildman–Crippen MR) is 51.5 cm³/mol. The van der Waals surface area contributed by atoms with Crippen molar-refractivity contribution < 1.29 is 9.90 Å². The van der Waals surface area contributed by atoms with Crippen LogP contribution < -0.4 is 0 Å². The molecule has 3 atom stereocenters. The Bertz CT molecular complexity index is 217. The van der Waals surface area contributed by atoms with Crippen LogP contribution in [0.3, 0.4) is 0 Å². The SMILES string of the molecule is CC(=O)[C@@]1(O)C[C@H](C)N(C)C[C@H]1C. The lowest BCUT2D eigenvalue weighted by molar-refractivity contribution is -0.149. The van der Waals surface area contributed by atoms with Crippen molar-refractivity contribution in [1.82, 2.24) is 4.90 Å². The largest absolute Gasteiger partial charge is 0.382 e. The normalized spacial score (nSPS) is 41.9. The fraction of sp³-hybridized carbons (Fsp3) is 0.900. The van der Waals surface area contributed by atoms with Crippen LogP contribution in [0.4, 0.5) is 0 Å². The molecular formula is C10H19NO2. The van der Waals surface area contributed by atoms with Crippen LogP contribution in [0.2, 0.25) is 0 Å². The van der Waals surface area contributed by atoms with E-state index in [4.69, 9.17) is 0 Å². The minimum atomic E-state index is -1.09. The summed E-state index contributed by atoms with van der Waals surface area (Å²) >= 11 is 0. The van der Waals surface area contributed by atoms with Crippen molar-refractivity contribution in [3.8, 4) is 0 Å². The van der Waals surface area contributed by atoms with Crippen LogP contribution in [0, 0.1) is 5.92 Å². The van der Waals surface area contributed by atoms with Crippen molar-refractivity contribution in [3.05, 3.63) is 0 Å². The number of carbonyl (C=O) groups excluding carboxylic acids is 1. The number of aliphatic hydroxyl groups is 1. The molecule has 0 bridgehead atoms. The predicted octanol–water partition coefficient (Wildman–Crippen LogP) is 0.667. The zero-order valence-electron chi connectivity index (χ0n) is 8.87. The summed E-state index contributed by atoms with van der Waals surface area (Å²) in [4.78, 5) is 13.5. The fourth-order valence-electron chi connectivity index (χ4n) is 2.06. The Morgan fingerprint density at radius 1 is 1.54 bits per heavy atom. The molecular weight excluding hydrogens is 166 g/mol. The molecule has 1 heterocycles. The molecule has 0 aromatic carbocycles. The maximum atomic E-state index is 11.3. The van der Waals surface area contributed by atoms with Gasteiger partial charge in [0.05, 0.1) is 0 Å². The van der Waals surface area contributed by atoms with Gasteiger partial charge in [-0.25, -0.2) is 0 Å². The number of likely N-dealkylation sites (tertiary alicyclic amines) is 1. The number of hydrogen-bond donors (Lipinski definition) is 1. The summed E-state index contributed by atoms with van der Waals surface area (Å²) in [7, 11) is 2.03. The van der Waals surface area contributed by atoms with Gasteiger partial charge in [0.1, 0.15) is 5.60 Å². The second-order valence-electron chi connectivity index (χ2n) is 4.37. The number of Topliss-reactive ketones (excluding diaryl/α,β-unsaturated/α-hetero) is 1. The highest BCUT2D eigenvalue weighted by atomic mass is 16.3. The monoisotopic (exact) mass is 185 g/mol. The fourth-order valence-corrected chi connectivity index (χ4v) is 2.06. The summed E-state index contributed by atoms with van der Waals surface area (Å²) in [6, 6.07) is 0.282. The van der Waals surface area contributed by atoms with E-state index in [0.29, 0.717) is 6.42 Å². The molecule has 0 aromatic rings. The van der Waals surface area contributed by atoms with Crippen molar-refractivity contribution in [1.29, 1.82) is 0 Å². The lowest BCUT2D eigenvalue weighted by Gasteiger charge is -2.44. The molecule has 0 radical (unpaired) electrons. The van der Waals surface area contributed by atoms with E-state index in [0.717, 1.165) is 6.54 Å². The quantitative estimate of drug-likeness (QED) is 0.652. The molecule has 3 heteroatoms. The van der Waals surface area contributed by atoms with E-state index in [2.05, 4.69) is 4.90 Å². The topological polar surface area (TPSA) is 40.5 Å². The molecule has 1 rings (SSSR count). The molecule has 1 saturated heterocycles. The molecule has 1 aliphatic heterocycles. The number of carbonyl (C=O) groups is 1. The molecule has 0 saturated carbocycles. The minimum absolute atomic E-state index is 0.0335. The van der Waals surface area contributed by atoms with E-state index in [1.165, 1.54) is 6.92 Å². The van der Waals surface area contributed by atoms with Crippen LogP contribution in [0.5, 0.6) is 0 Å². The van der Waals surface area contributed by atoms with Gasteiger partial charge in [0, 0.05) is 18.5 Å². The Balaban J connectivity index is 2.82. The number of nitrogens with zero attached hydrogens (tertiary/aromatic N) is 1. The molecule has 1 N–H and O–H groups in total. The Kier molecular flexibility index (Phi) is 2.78. The number of piperidine rings is 1. The molecule has 0 spiro atoms. The summed E-state index contributed by atoms with van der Waals surface area (Å²) in [5, 5.41) is 10.1. The average Bonchev–Trinajstić information content (AvgIpc) is 2.01. The van der Waals surface area contributed by atoms with E-state index >= 15 is 0 Å². The zero-order chi connectivity index (χ0) is 10.2. The summed E-state index contributed by atoms with van der Waals surface area (Å²) in [6.07, 6.45) is 0.556. The number of rotatable bonds is 1. The van der Waals surface area contributed by atoms with E-state index in [1.54, 1.807) is 0 Å². The van der Waals surface area contributed by atoms with Crippen molar-refractivity contribution in [3.63, 3.8) is 0 Å². The minimum Gasteiger partial charge on any atom is -0.382 e. The van der Waals surface area contributed by atoms with Gasteiger partial charge in [-0.05, 0) is 27.3 Å². The van der Waals surface area contributed by atoms with Gasteiger partial charge < -0.3 is 10.0 Å². The highest BCUT2D eigenvalue weighted by Gasteiger charge is 2.44. The molecule has 0 aliphatic carbocycles. The first-order valence-corrected chi connectivity index (χ1v) is 4.81. The van der Waals surface area contributed by atoms with Gasteiger partial charge in [-0.2, -0.15) is 0 Å². The van der Waals surface area contributed by atoms with Gasteiger partial charge in [0.15, 0.2) is 5.78 Å². The van der Waals surface area contributed by atoms with Crippen molar-refractivity contribution in [2.24, 2.45) is 5.92 Å². The lowest BCUT2D eigenvalue weighted by Crippen LogP contribution is -2.56. The van der Waals surface area contributed by atoms with Crippen LogP contribution in [0.1, 0.15) is 27.2 Å². The Morgan fingerprint density at radius 3 is 2.54 bits per heavy atom. The van der Waals surface area contributed by atoms with Crippen molar-refractivity contribution in [2.45, 2.75) is 38.8 Å². The second-order valence-corrected chi connectivity index (χ2v) is 4.37. The van der Waals surface area contributed by atoms with Crippen LogP contribution in [-0.2, 0) is 4.79 Å². The van der Waals surface area contributed by atoms with E-state index in [9.17, 15) is 9.90 Å². The van der Waals surface area contributed by atoms with Gasteiger partial charge in [-0.3, -0.25) is 4.79 Å². The standard InChI is InChI=1S/C10H19NO2/c1-7-6-11(4)8(2)5-10(7,13)9(3)12/h7-8,13H,5-6H2,1-4H3/t7-,8+,10-/m1/s1. The van der Waals surface area contributed by atoms with Gasteiger partial charge in [-0.1, -0.05) is 6.92 Å². The van der Waals surface area contributed by atoms with Crippen LogP contribution in [0.15, 0.2) is 0 Å². The van der Waals surface area contributed by atoms with Crippen LogP contribution in [0.25, 0.3) is 0 Å². The third kappa shape index (κ3) is 1.76. The lowest BCUT2D eigenvalue weighted by atomic mass is 9.77. The zero-order valence-corrected chi connectivity index (χ0v) is 8.87. The Hall–Kier alpha value is -0.410. The number of hydrogen-bond acceptors (Lipinski definition) is 3. The molecule has 76 valence electrons. The van der Waals surface area contributed by atoms with E-state index in [-0.39, 0.29) is 17.7 Å². The summed E-state index contributed by atoms with van der Waals surface area (Å²) in [5.74, 6) is -0.0638.